The third-order valence-corrected chi connectivity index (χ3v) is 5.12. The van der Waals surface area contributed by atoms with Gasteiger partial charge in [0.2, 0.25) is 0 Å². The van der Waals surface area contributed by atoms with E-state index in [4.69, 9.17) is 4.74 Å². The van der Waals surface area contributed by atoms with Crippen molar-refractivity contribution in [3.05, 3.63) is 89.6 Å². The summed E-state index contributed by atoms with van der Waals surface area (Å²) in [6, 6.07) is 16.2. The molecule has 0 aliphatic carbocycles. The van der Waals surface area contributed by atoms with Crippen LogP contribution in [0.4, 0.5) is 8.78 Å². The third-order valence-electron chi connectivity index (χ3n) is 5.12. The molecule has 1 amide bonds. The van der Waals surface area contributed by atoms with Crippen molar-refractivity contribution in [2.24, 2.45) is 0 Å². The zero-order valence-corrected chi connectivity index (χ0v) is 18.4. The summed E-state index contributed by atoms with van der Waals surface area (Å²) in [5, 5.41) is 8.04. The van der Waals surface area contributed by atoms with Gasteiger partial charge in [-0.2, -0.15) is 5.10 Å². The van der Waals surface area contributed by atoms with Crippen LogP contribution in [0.2, 0.25) is 0 Å². The Labute approximate surface area is 190 Å². The molecular formula is C25H24F2N4O2. The van der Waals surface area contributed by atoms with Crippen LogP contribution in [0.3, 0.4) is 0 Å². The summed E-state index contributed by atoms with van der Waals surface area (Å²) in [7, 11) is 3.82. The van der Waals surface area contributed by atoms with Crippen molar-refractivity contribution in [2.45, 2.75) is 6.54 Å². The van der Waals surface area contributed by atoms with Crippen LogP contribution in [0.1, 0.15) is 15.9 Å². The van der Waals surface area contributed by atoms with Crippen molar-refractivity contribution in [1.82, 2.24) is 20.0 Å². The quantitative estimate of drug-likeness (QED) is 0.431. The second-order valence-corrected chi connectivity index (χ2v) is 7.93. The summed E-state index contributed by atoms with van der Waals surface area (Å²) in [6.07, 6.45) is 1.67. The summed E-state index contributed by atoms with van der Waals surface area (Å²) in [5.41, 5.74) is 2.04. The highest BCUT2D eigenvalue weighted by Gasteiger charge is 2.19. The fourth-order valence-corrected chi connectivity index (χ4v) is 3.41. The molecule has 1 heterocycles. The predicted molar refractivity (Wildman–Crippen MR) is 123 cm³/mol. The van der Waals surface area contributed by atoms with E-state index in [0.717, 1.165) is 28.6 Å². The van der Waals surface area contributed by atoms with Crippen LogP contribution in [0.15, 0.2) is 66.9 Å². The largest absolute Gasteiger partial charge is 0.453 e. The fourth-order valence-electron chi connectivity index (χ4n) is 3.41. The number of rotatable bonds is 8. The van der Waals surface area contributed by atoms with Crippen molar-refractivity contribution >= 4 is 16.8 Å². The molecule has 0 aliphatic heterocycles. The molecule has 4 rings (SSSR count). The van der Waals surface area contributed by atoms with E-state index in [1.165, 1.54) is 6.07 Å². The summed E-state index contributed by atoms with van der Waals surface area (Å²) in [5.74, 6) is -1.93. The molecule has 0 unspecified atom stereocenters. The molecule has 4 aromatic rings. The topological polar surface area (TPSA) is 59.4 Å². The number of carbonyl (C=O) groups is 1. The Kier molecular flexibility index (Phi) is 6.65. The van der Waals surface area contributed by atoms with Gasteiger partial charge in [-0.25, -0.2) is 8.78 Å². The second kappa shape index (κ2) is 9.79. The number of benzene rings is 3. The monoisotopic (exact) mass is 450 g/mol. The number of ether oxygens (including phenoxy) is 1. The minimum absolute atomic E-state index is 0.162. The lowest BCUT2D eigenvalue weighted by molar-refractivity contribution is 0.0948. The van der Waals surface area contributed by atoms with Crippen LogP contribution in [0, 0.1) is 11.6 Å². The lowest BCUT2D eigenvalue weighted by Crippen LogP contribution is -2.31. The number of hydrogen-bond donors (Lipinski definition) is 1. The van der Waals surface area contributed by atoms with Crippen LogP contribution < -0.4 is 10.1 Å². The maximum Gasteiger partial charge on any atom is 0.255 e. The zero-order valence-electron chi connectivity index (χ0n) is 18.4. The maximum atomic E-state index is 14.2. The van der Waals surface area contributed by atoms with E-state index in [9.17, 15) is 13.6 Å². The van der Waals surface area contributed by atoms with Gasteiger partial charge in [-0.05, 0) is 43.9 Å². The molecule has 0 saturated heterocycles. The van der Waals surface area contributed by atoms with E-state index in [-0.39, 0.29) is 23.0 Å². The standard InChI is InChI=1S/C25H24F2N4O2/c1-30(2)11-10-28-25(32)20-14-22-18(15-29-31(22)16-17-6-4-3-5-7-17)12-24(20)33-23-9-8-19(26)13-21(23)27/h3-9,12-15H,10-11,16H2,1-2H3,(H,28,32). The molecule has 0 bridgehead atoms. The number of nitrogens with one attached hydrogen (secondary N) is 1. The first kappa shape index (κ1) is 22.4. The Bertz CT molecular complexity index is 1270. The van der Waals surface area contributed by atoms with Gasteiger partial charge < -0.3 is 15.0 Å². The highest BCUT2D eigenvalue weighted by atomic mass is 19.1. The van der Waals surface area contributed by atoms with E-state index < -0.39 is 11.6 Å². The molecule has 0 saturated carbocycles. The van der Waals surface area contributed by atoms with Gasteiger partial charge in [-0.1, -0.05) is 30.3 Å². The molecule has 1 aromatic heterocycles. The SMILES string of the molecule is CN(C)CCNC(=O)c1cc2c(cnn2Cc2ccccc2)cc1Oc1ccc(F)cc1F. The van der Waals surface area contributed by atoms with Gasteiger partial charge in [0, 0.05) is 24.5 Å². The molecular weight excluding hydrogens is 426 g/mol. The first-order chi connectivity index (χ1) is 15.9. The molecule has 0 atom stereocenters. The van der Waals surface area contributed by atoms with Crippen LogP contribution in [0.5, 0.6) is 11.5 Å². The average molecular weight is 450 g/mol. The molecule has 0 radical (unpaired) electrons. The van der Waals surface area contributed by atoms with E-state index in [1.54, 1.807) is 23.0 Å². The van der Waals surface area contributed by atoms with Crippen LogP contribution in [-0.4, -0.2) is 47.8 Å². The van der Waals surface area contributed by atoms with E-state index in [1.807, 2.05) is 49.3 Å². The molecule has 1 N–H and O–H groups in total. The molecule has 0 fully saturated rings. The highest BCUT2D eigenvalue weighted by Crippen LogP contribution is 2.32. The third kappa shape index (κ3) is 5.35. The van der Waals surface area contributed by atoms with E-state index in [2.05, 4.69) is 10.4 Å². The zero-order chi connectivity index (χ0) is 23.4. The summed E-state index contributed by atoms with van der Waals surface area (Å²) in [6.45, 7) is 1.61. The van der Waals surface area contributed by atoms with Gasteiger partial charge in [0.15, 0.2) is 11.6 Å². The Balaban J connectivity index is 1.72. The fraction of sp³-hybridized carbons (Fsp3) is 0.200. The number of halogens is 2. The molecule has 6 nitrogen and oxygen atoms in total. The number of fused-ring (bicyclic) bond motifs is 1. The molecule has 0 aliphatic rings. The molecule has 8 heteroatoms. The van der Waals surface area contributed by atoms with Crippen LogP contribution >= 0.6 is 0 Å². The maximum absolute atomic E-state index is 14.2. The summed E-state index contributed by atoms with van der Waals surface area (Å²) < 4.78 is 35.1. The Hall–Kier alpha value is -3.78. The number of hydrogen-bond acceptors (Lipinski definition) is 4. The van der Waals surface area contributed by atoms with Gasteiger partial charge in [-0.3, -0.25) is 9.48 Å². The normalized spacial score (nSPS) is 11.2. The molecule has 0 spiro atoms. The Morgan fingerprint density at radius 2 is 1.85 bits per heavy atom. The van der Waals surface area contributed by atoms with Gasteiger partial charge in [0.05, 0.1) is 23.8 Å². The van der Waals surface area contributed by atoms with E-state index in [0.29, 0.717) is 19.6 Å². The van der Waals surface area contributed by atoms with Crippen molar-refractivity contribution in [3.63, 3.8) is 0 Å². The smallest absolute Gasteiger partial charge is 0.255 e. The lowest BCUT2D eigenvalue weighted by atomic mass is 10.1. The molecule has 170 valence electrons. The van der Waals surface area contributed by atoms with Crippen molar-refractivity contribution < 1.29 is 18.3 Å². The van der Waals surface area contributed by atoms with Gasteiger partial charge >= 0.3 is 0 Å². The molecule has 3 aromatic carbocycles. The first-order valence-electron chi connectivity index (χ1n) is 10.5. The summed E-state index contributed by atoms with van der Waals surface area (Å²) in [4.78, 5) is 15.0. The van der Waals surface area contributed by atoms with Crippen molar-refractivity contribution in [1.29, 1.82) is 0 Å². The van der Waals surface area contributed by atoms with E-state index >= 15 is 0 Å². The second-order valence-electron chi connectivity index (χ2n) is 7.93. The number of likely N-dealkylation sites (N-methyl/N-ethyl adjacent to an activating group) is 1. The van der Waals surface area contributed by atoms with Crippen molar-refractivity contribution in [3.8, 4) is 11.5 Å². The predicted octanol–water partition coefficient (Wildman–Crippen LogP) is 4.45. The summed E-state index contributed by atoms with van der Waals surface area (Å²) >= 11 is 0. The number of nitrogens with zero attached hydrogens (tertiary/aromatic N) is 3. The number of amides is 1. The van der Waals surface area contributed by atoms with Crippen LogP contribution in [-0.2, 0) is 6.54 Å². The Morgan fingerprint density at radius 3 is 2.58 bits per heavy atom. The minimum atomic E-state index is -0.853. The highest BCUT2D eigenvalue weighted by molar-refractivity contribution is 6.01. The average Bonchev–Trinajstić information content (AvgIpc) is 3.17. The van der Waals surface area contributed by atoms with Crippen LogP contribution in [0.25, 0.3) is 10.9 Å². The van der Waals surface area contributed by atoms with Gasteiger partial charge in [-0.15, -0.1) is 0 Å². The number of carbonyl (C=O) groups excluding carboxylic acids is 1. The van der Waals surface area contributed by atoms with Crippen molar-refractivity contribution in [2.75, 3.05) is 27.2 Å². The first-order valence-corrected chi connectivity index (χ1v) is 10.5. The van der Waals surface area contributed by atoms with Gasteiger partial charge in [0.25, 0.3) is 5.91 Å². The molecule has 33 heavy (non-hydrogen) atoms. The Morgan fingerprint density at radius 1 is 1.06 bits per heavy atom. The lowest BCUT2D eigenvalue weighted by Gasteiger charge is -2.14. The number of aromatic nitrogens is 2. The minimum Gasteiger partial charge on any atom is -0.453 e. The van der Waals surface area contributed by atoms with Gasteiger partial charge in [0.1, 0.15) is 11.6 Å².